The maximum Gasteiger partial charge on any atom is 0.345 e. The van der Waals surface area contributed by atoms with Crippen molar-refractivity contribution in [2.45, 2.75) is 6.92 Å². The van der Waals surface area contributed by atoms with Gasteiger partial charge in [0.1, 0.15) is 5.56 Å². The van der Waals surface area contributed by atoms with Crippen molar-refractivity contribution in [1.29, 1.82) is 0 Å². The number of benzene rings is 1. The monoisotopic (exact) mass is 285 g/mol. The molecule has 0 amide bonds. The summed E-state index contributed by atoms with van der Waals surface area (Å²) in [4.78, 5) is 26.0. The van der Waals surface area contributed by atoms with Crippen molar-refractivity contribution in [1.82, 2.24) is 4.98 Å². The SMILES string of the molecule is CCOC(=O)c1c(Cl)c2ccc(Cl)cc2[nH]c1=O. The fourth-order valence-corrected chi connectivity index (χ4v) is 2.12. The molecule has 4 nitrogen and oxygen atoms in total. The van der Waals surface area contributed by atoms with Gasteiger partial charge in [0.05, 0.1) is 17.1 Å². The molecule has 0 aliphatic heterocycles. The number of hydrogen-bond acceptors (Lipinski definition) is 3. The summed E-state index contributed by atoms with van der Waals surface area (Å²) >= 11 is 11.9. The average molecular weight is 286 g/mol. The summed E-state index contributed by atoms with van der Waals surface area (Å²) in [5.74, 6) is -0.736. The Bertz CT molecular complexity index is 679. The number of hydrogen-bond donors (Lipinski definition) is 1. The number of nitrogens with one attached hydrogen (secondary N) is 1. The molecule has 1 aromatic heterocycles. The van der Waals surface area contributed by atoms with Crippen LogP contribution >= 0.6 is 23.2 Å². The van der Waals surface area contributed by atoms with Crippen molar-refractivity contribution >= 4 is 40.1 Å². The minimum Gasteiger partial charge on any atom is -0.462 e. The zero-order valence-corrected chi connectivity index (χ0v) is 10.9. The Balaban J connectivity index is 2.73. The van der Waals surface area contributed by atoms with Crippen molar-refractivity contribution in [3.8, 4) is 0 Å². The lowest BCUT2D eigenvalue weighted by Gasteiger charge is -2.06. The highest BCUT2D eigenvalue weighted by atomic mass is 35.5. The second-order valence-electron chi connectivity index (χ2n) is 3.55. The van der Waals surface area contributed by atoms with Crippen molar-refractivity contribution in [2.75, 3.05) is 6.61 Å². The molecule has 0 saturated carbocycles. The van der Waals surface area contributed by atoms with Crippen LogP contribution in [0.4, 0.5) is 0 Å². The molecule has 0 aliphatic rings. The van der Waals surface area contributed by atoms with Crippen LogP contribution in [0.3, 0.4) is 0 Å². The molecule has 0 fully saturated rings. The minimum absolute atomic E-state index is 0.0730. The number of rotatable bonds is 2. The van der Waals surface area contributed by atoms with Crippen LogP contribution in [-0.4, -0.2) is 17.6 Å². The van der Waals surface area contributed by atoms with E-state index >= 15 is 0 Å². The number of carbonyl (C=O) groups is 1. The van der Waals surface area contributed by atoms with Crippen molar-refractivity contribution in [2.24, 2.45) is 0 Å². The molecule has 0 saturated heterocycles. The van der Waals surface area contributed by atoms with Gasteiger partial charge in [0.2, 0.25) is 0 Å². The number of pyridine rings is 1. The summed E-state index contributed by atoms with van der Waals surface area (Å²) in [6, 6.07) is 4.83. The smallest absolute Gasteiger partial charge is 0.345 e. The lowest BCUT2D eigenvalue weighted by molar-refractivity contribution is 0.0524. The molecule has 2 aromatic rings. The number of halogens is 2. The number of esters is 1. The van der Waals surface area contributed by atoms with Crippen LogP contribution in [-0.2, 0) is 4.74 Å². The van der Waals surface area contributed by atoms with Crippen molar-refractivity contribution < 1.29 is 9.53 Å². The third-order valence-corrected chi connectivity index (χ3v) is 3.02. The second kappa shape index (κ2) is 5.00. The number of fused-ring (bicyclic) bond motifs is 1. The number of ether oxygens (including phenoxy) is 1. The topological polar surface area (TPSA) is 59.2 Å². The van der Waals surface area contributed by atoms with Crippen LogP contribution in [0.5, 0.6) is 0 Å². The lowest BCUT2D eigenvalue weighted by Crippen LogP contribution is -2.20. The maximum absolute atomic E-state index is 11.8. The molecule has 0 unspecified atom stereocenters. The van der Waals surface area contributed by atoms with E-state index in [-0.39, 0.29) is 17.2 Å². The van der Waals surface area contributed by atoms with Crippen molar-refractivity contribution in [3.05, 3.63) is 44.2 Å². The van der Waals surface area contributed by atoms with Gasteiger partial charge in [-0.2, -0.15) is 0 Å². The molecule has 1 aromatic carbocycles. The fourth-order valence-electron chi connectivity index (χ4n) is 1.62. The maximum atomic E-state index is 11.8. The molecular formula is C12H9Cl2NO3. The van der Waals surface area contributed by atoms with Crippen molar-refractivity contribution in [3.63, 3.8) is 0 Å². The van der Waals surface area contributed by atoms with Gasteiger partial charge in [-0.05, 0) is 25.1 Å². The van der Waals surface area contributed by atoms with Gasteiger partial charge in [0, 0.05) is 10.4 Å². The van der Waals surface area contributed by atoms with Gasteiger partial charge in [-0.3, -0.25) is 4.79 Å². The zero-order valence-electron chi connectivity index (χ0n) is 9.42. The third-order valence-electron chi connectivity index (χ3n) is 2.39. The third kappa shape index (κ3) is 2.21. The summed E-state index contributed by atoms with van der Waals surface area (Å²) in [6.45, 7) is 1.83. The van der Waals surface area contributed by atoms with E-state index < -0.39 is 11.5 Å². The molecule has 18 heavy (non-hydrogen) atoms. The predicted molar refractivity (Wildman–Crippen MR) is 70.5 cm³/mol. The van der Waals surface area contributed by atoms with E-state index in [1.165, 1.54) is 0 Å². The lowest BCUT2D eigenvalue weighted by atomic mass is 10.1. The molecule has 0 aliphatic carbocycles. The largest absolute Gasteiger partial charge is 0.462 e. The Morgan fingerprint density at radius 3 is 2.78 bits per heavy atom. The van der Waals surface area contributed by atoms with E-state index in [0.717, 1.165) is 0 Å². The van der Waals surface area contributed by atoms with Gasteiger partial charge in [0.15, 0.2) is 0 Å². The van der Waals surface area contributed by atoms with Gasteiger partial charge in [-0.1, -0.05) is 23.2 Å². The molecule has 94 valence electrons. The number of H-pyrrole nitrogens is 1. The van der Waals surface area contributed by atoms with Crippen LogP contribution in [0, 0.1) is 0 Å². The van der Waals surface area contributed by atoms with E-state index in [0.29, 0.717) is 15.9 Å². The Kier molecular flexibility index (Phi) is 3.59. The Labute approximate surface area is 112 Å². The van der Waals surface area contributed by atoms with Gasteiger partial charge in [0.25, 0.3) is 5.56 Å². The number of aromatic amines is 1. The van der Waals surface area contributed by atoms with E-state index in [4.69, 9.17) is 27.9 Å². The first-order valence-corrected chi connectivity index (χ1v) is 5.98. The first-order valence-electron chi connectivity index (χ1n) is 5.22. The summed E-state index contributed by atoms with van der Waals surface area (Å²) in [5, 5.41) is 1.09. The number of carbonyl (C=O) groups excluding carboxylic acids is 1. The highest BCUT2D eigenvalue weighted by Gasteiger charge is 2.19. The quantitative estimate of drug-likeness (QED) is 0.863. The Morgan fingerprint density at radius 2 is 2.11 bits per heavy atom. The first kappa shape index (κ1) is 12.9. The first-order chi connectivity index (χ1) is 8.54. The van der Waals surface area contributed by atoms with Crippen LogP contribution in [0.1, 0.15) is 17.3 Å². The molecule has 0 radical (unpaired) electrons. The Morgan fingerprint density at radius 1 is 1.39 bits per heavy atom. The summed E-state index contributed by atoms with van der Waals surface area (Å²) in [7, 11) is 0. The standard InChI is InChI=1S/C12H9Cl2NO3/c1-2-18-12(17)9-10(14)7-4-3-6(13)5-8(7)15-11(9)16/h3-5H,2H2,1H3,(H,15,16). The van der Waals surface area contributed by atoms with Gasteiger partial charge in [-0.15, -0.1) is 0 Å². The molecule has 0 atom stereocenters. The normalized spacial score (nSPS) is 10.6. The van der Waals surface area contributed by atoms with Crippen LogP contribution in [0.15, 0.2) is 23.0 Å². The molecule has 2 rings (SSSR count). The molecular weight excluding hydrogens is 277 g/mol. The van der Waals surface area contributed by atoms with Gasteiger partial charge in [-0.25, -0.2) is 4.79 Å². The molecule has 0 bridgehead atoms. The fraction of sp³-hybridized carbons (Fsp3) is 0.167. The van der Waals surface area contributed by atoms with E-state index in [1.807, 2.05) is 0 Å². The van der Waals surface area contributed by atoms with E-state index in [1.54, 1.807) is 25.1 Å². The minimum atomic E-state index is -0.736. The Hall–Kier alpha value is -1.52. The summed E-state index contributed by atoms with van der Waals surface area (Å²) in [6.07, 6.45) is 0. The zero-order chi connectivity index (χ0) is 13.3. The summed E-state index contributed by atoms with van der Waals surface area (Å²) in [5.41, 5.74) is -0.299. The molecule has 1 heterocycles. The van der Waals surface area contributed by atoms with E-state index in [9.17, 15) is 9.59 Å². The van der Waals surface area contributed by atoms with Gasteiger partial charge >= 0.3 is 5.97 Å². The molecule has 6 heteroatoms. The second-order valence-corrected chi connectivity index (χ2v) is 4.37. The van der Waals surface area contributed by atoms with Crippen LogP contribution in [0.25, 0.3) is 10.9 Å². The summed E-state index contributed by atoms with van der Waals surface area (Å²) < 4.78 is 4.79. The van der Waals surface area contributed by atoms with E-state index in [2.05, 4.69) is 4.98 Å². The number of aromatic nitrogens is 1. The molecule has 1 N–H and O–H groups in total. The highest BCUT2D eigenvalue weighted by Crippen LogP contribution is 2.26. The van der Waals surface area contributed by atoms with Crippen LogP contribution < -0.4 is 5.56 Å². The highest BCUT2D eigenvalue weighted by molar-refractivity contribution is 6.38. The average Bonchev–Trinajstić information content (AvgIpc) is 2.28. The predicted octanol–water partition coefficient (Wildman–Crippen LogP) is 3.01. The van der Waals surface area contributed by atoms with Crippen LogP contribution in [0.2, 0.25) is 10.0 Å². The van der Waals surface area contributed by atoms with Gasteiger partial charge < -0.3 is 9.72 Å². The molecule has 0 spiro atoms.